The van der Waals surface area contributed by atoms with E-state index in [-0.39, 0.29) is 5.95 Å². The first kappa shape index (κ1) is 16.1. The standard InChI is InChI=1S/C15H17Cl2N5O/c1-9-6-13(21-15(18)19-9)20-10-7-11(16)14(12(17)8-10)22-2-4-23-5-3-22/h6-8H,2-5H2,1H3,(H3,18,19,20,21). The Labute approximate surface area is 144 Å². The van der Waals surface area contributed by atoms with Gasteiger partial charge in [0.15, 0.2) is 0 Å². The van der Waals surface area contributed by atoms with Crippen molar-refractivity contribution in [3.63, 3.8) is 0 Å². The predicted molar refractivity (Wildman–Crippen MR) is 94.0 cm³/mol. The van der Waals surface area contributed by atoms with Crippen molar-refractivity contribution in [2.45, 2.75) is 6.92 Å². The van der Waals surface area contributed by atoms with Crippen LogP contribution in [0.15, 0.2) is 18.2 Å². The summed E-state index contributed by atoms with van der Waals surface area (Å²) in [6.45, 7) is 4.74. The molecule has 1 saturated heterocycles. The molecular weight excluding hydrogens is 337 g/mol. The van der Waals surface area contributed by atoms with E-state index in [0.717, 1.165) is 30.2 Å². The van der Waals surface area contributed by atoms with Gasteiger partial charge < -0.3 is 20.7 Å². The van der Waals surface area contributed by atoms with Gasteiger partial charge in [0.05, 0.1) is 28.9 Å². The molecule has 2 heterocycles. The summed E-state index contributed by atoms with van der Waals surface area (Å²) in [5, 5.41) is 4.32. The molecule has 0 bridgehead atoms. The summed E-state index contributed by atoms with van der Waals surface area (Å²) < 4.78 is 5.36. The molecular formula is C15H17Cl2N5O. The summed E-state index contributed by atoms with van der Waals surface area (Å²) in [6.07, 6.45) is 0. The molecule has 6 nitrogen and oxygen atoms in total. The number of rotatable bonds is 3. The number of morpholine rings is 1. The van der Waals surface area contributed by atoms with Crippen LogP contribution in [0.25, 0.3) is 0 Å². The fraction of sp³-hybridized carbons (Fsp3) is 0.333. The van der Waals surface area contributed by atoms with E-state index in [0.29, 0.717) is 29.1 Å². The third kappa shape index (κ3) is 3.77. The zero-order chi connectivity index (χ0) is 16.4. The van der Waals surface area contributed by atoms with Crippen LogP contribution in [0, 0.1) is 6.92 Å². The zero-order valence-corrected chi connectivity index (χ0v) is 14.2. The van der Waals surface area contributed by atoms with Crippen LogP contribution in [0.1, 0.15) is 5.69 Å². The van der Waals surface area contributed by atoms with Crippen molar-refractivity contribution in [3.8, 4) is 0 Å². The van der Waals surface area contributed by atoms with Gasteiger partial charge >= 0.3 is 0 Å². The summed E-state index contributed by atoms with van der Waals surface area (Å²) in [5.41, 5.74) is 8.02. The van der Waals surface area contributed by atoms with E-state index >= 15 is 0 Å². The second-order valence-corrected chi connectivity index (χ2v) is 6.08. The molecule has 1 aliphatic rings. The third-order valence-corrected chi connectivity index (χ3v) is 4.06. The van der Waals surface area contributed by atoms with Gasteiger partial charge in [0.2, 0.25) is 5.95 Å². The summed E-state index contributed by atoms with van der Waals surface area (Å²) in [5.74, 6) is 0.816. The number of nitrogens with two attached hydrogens (primary N) is 1. The van der Waals surface area contributed by atoms with Crippen molar-refractivity contribution in [2.24, 2.45) is 0 Å². The van der Waals surface area contributed by atoms with Gasteiger partial charge in [0, 0.05) is 30.5 Å². The third-order valence-electron chi connectivity index (χ3n) is 3.49. The minimum Gasteiger partial charge on any atom is -0.378 e. The summed E-state index contributed by atoms with van der Waals surface area (Å²) >= 11 is 12.9. The van der Waals surface area contributed by atoms with E-state index in [1.165, 1.54) is 0 Å². The van der Waals surface area contributed by atoms with Crippen LogP contribution in [-0.2, 0) is 4.74 Å². The normalized spacial score (nSPS) is 14.8. The number of hydrogen-bond donors (Lipinski definition) is 2. The lowest BCUT2D eigenvalue weighted by Gasteiger charge is -2.30. The molecule has 3 rings (SSSR count). The van der Waals surface area contributed by atoms with Crippen LogP contribution >= 0.6 is 23.2 Å². The quantitative estimate of drug-likeness (QED) is 0.881. The molecule has 0 atom stereocenters. The molecule has 2 aromatic rings. The number of aryl methyl sites for hydroxylation is 1. The van der Waals surface area contributed by atoms with E-state index in [2.05, 4.69) is 20.2 Å². The molecule has 1 aromatic carbocycles. The van der Waals surface area contributed by atoms with Gasteiger partial charge in [0.25, 0.3) is 0 Å². The molecule has 0 radical (unpaired) electrons. The van der Waals surface area contributed by atoms with Gasteiger partial charge in [-0.1, -0.05) is 23.2 Å². The van der Waals surface area contributed by atoms with Gasteiger partial charge in [-0.05, 0) is 19.1 Å². The van der Waals surface area contributed by atoms with Gasteiger partial charge in [-0.15, -0.1) is 0 Å². The minimum absolute atomic E-state index is 0.217. The van der Waals surface area contributed by atoms with E-state index in [1.807, 2.05) is 19.1 Å². The fourth-order valence-electron chi connectivity index (χ4n) is 2.53. The number of nitrogen functional groups attached to an aromatic ring is 1. The number of ether oxygens (including phenoxy) is 1. The van der Waals surface area contributed by atoms with E-state index in [1.54, 1.807) is 6.07 Å². The van der Waals surface area contributed by atoms with Gasteiger partial charge in [0.1, 0.15) is 5.82 Å². The van der Waals surface area contributed by atoms with Crippen molar-refractivity contribution in [1.29, 1.82) is 0 Å². The molecule has 0 unspecified atom stereocenters. The van der Waals surface area contributed by atoms with Crippen molar-refractivity contribution < 1.29 is 4.74 Å². The molecule has 0 aliphatic carbocycles. The maximum absolute atomic E-state index is 6.43. The fourth-order valence-corrected chi connectivity index (χ4v) is 3.26. The first-order valence-electron chi connectivity index (χ1n) is 7.23. The van der Waals surface area contributed by atoms with Crippen LogP contribution in [0.4, 0.5) is 23.1 Å². The number of halogens is 2. The van der Waals surface area contributed by atoms with Crippen molar-refractivity contribution in [3.05, 3.63) is 33.9 Å². The van der Waals surface area contributed by atoms with E-state index in [4.69, 9.17) is 33.7 Å². The Balaban J connectivity index is 1.86. The first-order chi connectivity index (χ1) is 11.0. The Morgan fingerprint density at radius 3 is 2.39 bits per heavy atom. The van der Waals surface area contributed by atoms with Gasteiger partial charge in [-0.3, -0.25) is 0 Å². The predicted octanol–water partition coefficient (Wildman–Crippen LogP) is 3.25. The maximum atomic E-state index is 6.43. The van der Waals surface area contributed by atoms with Crippen molar-refractivity contribution in [2.75, 3.05) is 42.3 Å². The number of nitrogens with one attached hydrogen (secondary N) is 1. The molecule has 1 aliphatic heterocycles. The molecule has 23 heavy (non-hydrogen) atoms. The Hall–Kier alpha value is -1.76. The van der Waals surface area contributed by atoms with Crippen LogP contribution in [0.2, 0.25) is 10.0 Å². The van der Waals surface area contributed by atoms with Crippen molar-refractivity contribution >= 4 is 46.3 Å². The topological polar surface area (TPSA) is 76.3 Å². The van der Waals surface area contributed by atoms with Crippen LogP contribution in [0.5, 0.6) is 0 Å². The average molecular weight is 354 g/mol. The lowest BCUT2D eigenvalue weighted by atomic mass is 10.2. The second-order valence-electron chi connectivity index (χ2n) is 5.27. The molecule has 1 aromatic heterocycles. The largest absolute Gasteiger partial charge is 0.378 e. The number of benzene rings is 1. The highest BCUT2D eigenvalue weighted by Crippen LogP contribution is 2.37. The van der Waals surface area contributed by atoms with E-state index < -0.39 is 0 Å². The highest BCUT2D eigenvalue weighted by atomic mass is 35.5. The zero-order valence-electron chi connectivity index (χ0n) is 12.6. The van der Waals surface area contributed by atoms with Crippen LogP contribution < -0.4 is 16.0 Å². The van der Waals surface area contributed by atoms with Crippen LogP contribution in [-0.4, -0.2) is 36.3 Å². The lowest BCUT2D eigenvalue weighted by molar-refractivity contribution is 0.122. The molecule has 0 saturated carbocycles. The monoisotopic (exact) mass is 353 g/mol. The van der Waals surface area contributed by atoms with Crippen LogP contribution in [0.3, 0.4) is 0 Å². The summed E-state index contributed by atoms with van der Waals surface area (Å²) in [7, 11) is 0. The highest BCUT2D eigenvalue weighted by Gasteiger charge is 2.18. The minimum atomic E-state index is 0.217. The molecule has 8 heteroatoms. The van der Waals surface area contributed by atoms with Crippen molar-refractivity contribution in [1.82, 2.24) is 9.97 Å². The Kier molecular flexibility index (Phi) is 4.75. The second kappa shape index (κ2) is 6.78. The Morgan fingerprint density at radius 1 is 1.13 bits per heavy atom. The Bertz CT molecular complexity index is 676. The molecule has 0 spiro atoms. The van der Waals surface area contributed by atoms with E-state index in [9.17, 15) is 0 Å². The SMILES string of the molecule is Cc1cc(Nc2cc(Cl)c(N3CCOCC3)c(Cl)c2)nc(N)n1. The Morgan fingerprint density at radius 2 is 1.78 bits per heavy atom. The summed E-state index contributed by atoms with van der Waals surface area (Å²) in [4.78, 5) is 10.3. The average Bonchev–Trinajstić information content (AvgIpc) is 2.46. The smallest absolute Gasteiger partial charge is 0.222 e. The lowest BCUT2D eigenvalue weighted by Crippen LogP contribution is -2.36. The number of aromatic nitrogens is 2. The van der Waals surface area contributed by atoms with Gasteiger partial charge in [-0.2, -0.15) is 4.98 Å². The molecule has 1 fully saturated rings. The molecule has 0 amide bonds. The maximum Gasteiger partial charge on any atom is 0.222 e. The first-order valence-corrected chi connectivity index (χ1v) is 7.98. The van der Waals surface area contributed by atoms with Gasteiger partial charge in [-0.25, -0.2) is 4.98 Å². The highest BCUT2D eigenvalue weighted by molar-refractivity contribution is 6.39. The number of hydrogen-bond acceptors (Lipinski definition) is 6. The summed E-state index contributed by atoms with van der Waals surface area (Å²) in [6, 6.07) is 5.45. The number of anilines is 4. The molecule has 3 N–H and O–H groups in total. The molecule has 122 valence electrons. The number of nitrogens with zero attached hydrogens (tertiary/aromatic N) is 3.